The summed E-state index contributed by atoms with van der Waals surface area (Å²) in [6.07, 6.45) is 0.649. The van der Waals surface area contributed by atoms with E-state index in [1.54, 1.807) is 0 Å². The lowest BCUT2D eigenvalue weighted by Gasteiger charge is -2.32. The van der Waals surface area contributed by atoms with Crippen LogP contribution in [0.2, 0.25) is 0 Å². The van der Waals surface area contributed by atoms with Crippen molar-refractivity contribution in [2.24, 2.45) is 0 Å². The lowest BCUT2D eigenvalue weighted by atomic mass is 10.0. The van der Waals surface area contributed by atoms with Crippen molar-refractivity contribution in [2.45, 2.75) is 12.0 Å². The summed E-state index contributed by atoms with van der Waals surface area (Å²) in [5.41, 5.74) is -0.763. The van der Waals surface area contributed by atoms with E-state index < -0.39 is 15.4 Å². The third kappa shape index (κ3) is 2.90. The molecule has 0 amide bonds. The van der Waals surface area contributed by atoms with Gasteiger partial charge in [-0.15, -0.1) is 0 Å². The van der Waals surface area contributed by atoms with Gasteiger partial charge >= 0.3 is 0 Å². The average Bonchev–Trinajstić information content (AvgIpc) is 2.57. The zero-order chi connectivity index (χ0) is 10.9. The van der Waals surface area contributed by atoms with Crippen LogP contribution < -0.4 is 0 Å². The molecule has 2 saturated heterocycles. The average molecular weight is 235 g/mol. The third-order valence-corrected chi connectivity index (χ3v) is 4.65. The lowest BCUT2D eigenvalue weighted by Crippen LogP contribution is -2.49. The highest BCUT2D eigenvalue weighted by molar-refractivity contribution is 7.91. The Balaban J connectivity index is 1.86. The Morgan fingerprint density at radius 3 is 2.53 bits per heavy atom. The van der Waals surface area contributed by atoms with Crippen molar-refractivity contribution in [2.75, 3.05) is 44.4 Å². The molecule has 0 aromatic carbocycles. The summed E-state index contributed by atoms with van der Waals surface area (Å²) in [7, 11) is -2.82. The second kappa shape index (κ2) is 4.01. The van der Waals surface area contributed by atoms with Gasteiger partial charge in [0, 0.05) is 32.7 Å². The van der Waals surface area contributed by atoms with Crippen LogP contribution in [0.15, 0.2) is 0 Å². The van der Waals surface area contributed by atoms with Crippen LogP contribution in [0.1, 0.15) is 6.42 Å². The highest BCUT2D eigenvalue weighted by Crippen LogP contribution is 2.20. The first kappa shape index (κ1) is 11.3. The molecule has 5 nitrogen and oxygen atoms in total. The molecule has 2 aliphatic rings. The minimum absolute atomic E-state index is 0.212. The van der Waals surface area contributed by atoms with Gasteiger partial charge in [0.15, 0.2) is 9.84 Å². The molecule has 6 heteroatoms. The number of β-amino-alcohol motifs (C(OH)–C–C–N with tert-alkyl or cyclic N) is 1. The molecule has 2 aliphatic heterocycles. The van der Waals surface area contributed by atoms with E-state index in [-0.39, 0.29) is 11.5 Å². The predicted octanol–water partition coefficient (Wildman–Crippen LogP) is -1.13. The number of hydrogen-bond donors (Lipinski definition) is 1. The van der Waals surface area contributed by atoms with Crippen molar-refractivity contribution in [1.29, 1.82) is 0 Å². The van der Waals surface area contributed by atoms with Crippen LogP contribution >= 0.6 is 0 Å². The lowest BCUT2D eigenvalue weighted by molar-refractivity contribution is -0.00261. The summed E-state index contributed by atoms with van der Waals surface area (Å²) in [5.74, 6) is 0.424. The van der Waals surface area contributed by atoms with Gasteiger partial charge in [-0.2, -0.15) is 0 Å². The SMILES string of the molecule is O=S1(=O)CCN(CC2(O)CCOC2)CC1. The Hall–Kier alpha value is -0.170. The van der Waals surface area contributed by atoms with Gasteiger partial charge in [0.1, 0.15) is 5.60 Å². The number of sulfone groups is 1. The molecule has 0 saturated carbocycles. The van der Waals surface area contributed by atoms with Crippen LogP contribution in [0, 0.1) is 0 Å². The van der Waals surface area contributed by atoms with Crippen molar-refractivity contribution >= 4 is 9.84 Å². The molecule has 2 heterocycles. The molecule has 0 aromatic rings. The maximum Gasteiger partial charge on any atom is 0.152 e. The van der Waals surface area contributed by atoms with Crippen LogP contribution in [-0.2, 0) is 14.6 Å². The molecule has 0 aliphatic carbocycles. The van der Waals surface area contributed by atoms with Crippen molar-refractivity contribution in [3.05, 3.63) is 0 Å². The van der Waals surface area contributed by atoms with Crippen LogP contribution in [-0.4, -0.2) is 68.4 Å². The van der Waals surface area contributed by atoms with Gasteiger partial charge < -0.3 is 9.84 Å². The quantitative estimate of drug-likeness (QED) is 0.656. The Bertz CT molecular complexity index is 307. The molecule has 1 N–H and O–H groups in total. The maximum absolute atomic E-state index is 11.2. The van der Waals surface area contributed by atoms with E-state index in [4.69, 9.17) is 4.74 Å². The van der Waals surface area contributed by atoms with Gasteiger partial charge in [-0.25, -0.2) is 8.42 Å². The number of nitrogens with zero attached hydrogens (tertiary/aromatic N) is 1. The zero-order valence-corrected chi connectivity index (χ0v) is 9.50. The first-order valence-electron chi connectivity index (χ1n) is 5.22. The van der Waals surface area contributed by atoms with Crippen molar-refractivity contribution in [3.8, 4) is 0 Å². The van der Waals surface area contributed by atoms with Crippen LogP contribution in [0.5, 0.6) is 0 Å². The number of rotatable bonds is 2. The molecule has 0 spiro atoms. The van der Waals surface area contributed by atoms with Crippen LogP contribution in [0.4, 0.5) is 0 Å². The molecular formula is C9H17NO4S. The molecule has 1 atom stereocenters. The standard InChI is InChI=1S/C9H17NO4S/c11-9(1-4-14-8-9)7-10-2-5-15(12,13)6-3-10/h11H,1-8H2. The minimum Gasteiger partial charge on any atom is -0.386 e. The molecular weight excluding hydrogens is 218 g/mol. The first-order chi connectivity index (χ1) is 6.99. The van der Waals surface area contributed by atoms with E-state index >= 15 is 0 Å². The topological polar surface area (TPSA) is 66.8 Å². The molecule has 88 valence electrons. The normalized spacial score (nSPS) is 36.9. The number of aliphatic hydroxyl groups is 1. The highest BCUT2D eigenvalue weighted by Gasteiger charge is 2.35. The van der Waals surface area contributed by atoms with Gasteiger partial charge in [0.25, 0.3) is 0 Å². The summed E-state index contributed by atoms with van der Waals surface area (Å²) < 4.78 is 27.5. The summed E-state index contributed by atoms with van der Waals surface area (Å²) >= 11 is 0. The van der Waals surface area contributed by atoms with E-state index in [1.165, 1.54) is 0 Å². The van der Waals surface area contributed by atoms with E-state index in [2.05, 4.69) is 0 Å². The van der Waals surface area contributed by atoms with Gasteiger partial charge in [0.2, 0.25) is 0 Å². The Kier molecular flexibility index (Phi) is 3.03. The fourth-order valence-electron chi connectivity index (χ4n) is 2.05. The second-order valence-electron chi connectivity index (χ2n) is 4.45. The van der Waals surface area contributed by atoms with E-state index in [9.17, 15) is 13.5 Å². The van der Waals surface area contributed by atoms with Crippen LogP contribution in [0.3, 0.4) is 0 Å². The van der Waals surface area contributed by atoms with E-state index in [0.717, 1.165) is 0 Å². The second-order valence-corrected chi connectivity index (χ2v) is 6.76. The monoisotopic (exact) mass is 235 g/mol. The number of ether oxygens (including phenoxy) is 1. The van der Waals surface area contributed by atoms with Gasteiger partial charge in [0.05, 0.1) is 18.1 Å². The summed E-state index contributed by atoms with van der Waals surface area (Å²) in [6, 6.07) is 0. The molecule has 1 unspecified atom stereocenters. The smallest absolute Gasteiger partial charge is 0.152 e. The molecule has 2 fully saturated rings. The summed E-state index contributed by atoms with van der Waals surface area (Å²) in [4.78, 5) is 2.01. The fourth-order valence-corrected chi connectivity index (χ4v) is 3.32. The van der Waals surface area contributed by atoms with Crippen LogP contribution in [0.25, 0.3) is 0 Å². The number of hydrogen-bond acceptors (Lipinski definition) is 5. The maximum atomic E-state index is 11.2. The van der Waals surface area contributed by atoms with Crippen molar-refractivity contribution in [3.63, 3.8) is 0 Å². The predicted molar refractivity (Wildman–Crippen MR) is 55.5 cm³/mol. The van der Waals surface area contributed by atoms with E-state index in [0.29, 0.717) is 39.3 Å². The molecule has 0 aromatic heterocycles. The van der Waals surface area contributed by atoms with Gasteiger partial charge in [-0.1, -0.05) is 0 Å². The molecule has 0 radical (unpaired) electrons. The Morgan fingerprint density at radius 1 is 1.33 bits per heavy atom. The minimum atomic E-state index is -2.82. The molecule has 15 heavy (non-hydrogen) atoms. The highest BCUT2D eigenvalue weighted by atomic mass is 32.2. The van der Waals surface area contributed by atoms with Crippen molar-refractivity contribution in [1.82, 2.24) is 4.90 Å². The summed E-state index contributed by atoms with van der Waals surface area (Å²) in [5, 5.41) is 10.1. The largest absolute Gasteiger partial charge is 0.386 e. The first-order valence-corrected chi connectivity index (χ1v) is 7.04. The van der Waals surface area contributed by atoms with Gasteiger partial charge in [-0.3, -0.25) is 4.90 Å². The molecule has 2 rings (SSSR count). The third-order valence-electron chi connectivity index (χ3n) is 3.04. The molecule has 0 bridgehead atoms. The van der Waals surface area contributed by atoms with Crippen molar-refractivity contribution < 1.29 is 18.3 Å². The fraction of sp³-hybridized carbons (Fsp3) is 1.00. The Morgan fingerprint density at radius 2 is 2.00 bits per heavy atom. The Labute approximate surface area is 89.9 Å². The van der Waals surface area contributed by atoms with Gasteiger partial charge in [-0.05, 0) is 0 Å². The zero-order valence-electron chi connectivity index (χ0n) is 8.68. The summed E-state index contributed by atoms with van der Waals surface area (Å²) in [6.45, 7) is 2.57. The van der Waals surface area contributed by atoms with E-state index in [1.807, 2.05) is 4.90 Å².